The second kappa shape index (κ2) is 5.79. The molecule has 0 aliphatic rings. The Morgan fingerprint density at radius 2 is 1.92 bits per heavy atom. The number of halogens is 2. The van der Waals surface area contributed by atoms with Gasteiger partial charge in [-0.05, 0) is 38.5 Å². The van der Waals surface area contributed by atoms with Gasteiger partial charge in [-0.1, -0.05) is 6.07 Å². The fourth-order valence-electron chi connectivity index (χ4n) is 2.74. The van der Waals surface area contributed by atoms with Crippen LogP contribution in [0.25, 0.3) is 22.3 Å². The van der Waals surface area contributed by atoms with Crippen LogP contribution in [-0.4, -0.2) is 4.98 Å². The van der Waals surface area contributed by atoms with Gasteiger partial charge in [-0.2, -0.15) is 4.39 Å². The molecule has 3 rings (SSSR count). The maximum atomic E-state index is 14.0. The second-order valence-electron chi connectivity index (χ2n) is 5.90. The van der Waals surface area contributed by atoms with Crippen LogP contribution in [0.2, 0.25) is 0 Å². The first kappa shape index (κ1) is 16.3. The Kier molecular flexibility index (Phi) is 3.93. The van der Waals surface area contributed by atoms with Crippen LogP contribution < -0.4 is 11.2 Å². The lowest BCUT2D eigenvalue weighted by Gasteiger charge is -2.13. The van der Waals surface area contributed by atoms with Crippen molar-refractivity contribution in [1.29, 1.82) is 0 Å². The zero-order chi connectivity index (χ0) is 17.6. The van der Waals surface area contributed by atoms with Gasteiger partial charge in [0.1, 0.15) is 17.2 Å². The van der Waals surface area contributed by atoms with E-state index in [1.807, 2.05) is 13.0 Å². The first-order chi connectivity index (χ1) is 11.3. The zero-order valence-electron chi connectivity index (χ0n) is 13.5. The highest BCUT2D eigenvalue weighted by Gasteiger charge is 2.20. The van der Waals surface area contributed by atoms with Gasteiger partial charge >= 0.3 is 0 Å². The third kappa shape index (κ3) is 2.59. The van der Waals surface area contributed by atoms with Crippen LogP contribution in [0.15, 0.2) is 33.6 Å². The molecule has 0 saturated heterocycles. The van der Waals surface area contributed by atoms with E-state index in [1.54, 1.807) is 13.0 Å². The first-order valence-corrected chi connectivity index (χ1v) is 7.44. The summed E-state index contributed by atoms with van der Waals surface area (Å²) in [4.78, 5) is 16.1. The monoisotopic (exact) mass is 330 g/mol. The minimum Gasteiger partial charge on any atom is -0.455 e. The van der Waals surface area contributed by atoms with Crippen molar-refractivity contribution in [2.45, 2.75) is 26.8 Å². The number of nitrogens with zero attached hydrogens (tertiary/aromatic N) is 1. The van der Waals surface area contributed by atoms with Gasteiger partial charge in [0.15, 0.2) is 5.43 Å². The van der Waals surface area contributed by atoms with E-state index >= 15 is 0 Å². The van der Waals surface area contributed by atoms with E-state index in [2.05, 4.69) is 4.98 Å². The topological polar surface area (TPSA) is 69.1 Å². The Bertz CT molecular complexity index is 1010. The van der Waals surface area contributed by atoms with E-state index in [-0.39, 0.29) is 33.9 Å². The van der Waals surface area contributed by atoms with Gasteiger partial charge in [0.05, 0.1) is 17.1 Å². The number of hydrogen-bond donors (Lipinski definition) is 1. The number of nitrogens with two attached hydrogens (primary N) is 1. The van der Waals surface area contributed by atoms with Crippen molar-refractivity contribution in [3.63, 3.8) is 0 Å². The Morgan fingerprint density at radius 3 is 2.58 bits per heavy atom. The van der Waals surface area contributed by atoms with E-state index < -0.39 is 11.8 Å². The molecule has 1 atom stereocenters. The lowest BCUT2D eigenvalue weighted by atomic mass is 9.99. The summed E-state index contributed by atoms with van der Waals surface area (Å²) >= 11 is 0. The van der Waals surface area contributed by atoms with Gasteiger partial charge in [0.2, 0.25) is 5.95 Å². The summed E-state index contributed by atoms with van der Waals surface area (Å²) < 4.78 is 33.3. The van der Waals surface area contributed by atoms with E-state index in [0.717, 1.165) is 17.8 Å². The smallest absolute Gasteiger partial charge is 0.224 e. The molecule has 2 aromatic heterocycles. The molecule has 4 nitrogen and oxygen atoms in total. The Balaban J connectivity index is 2.45. The van der Waals surface area contributed by atoms with Crippen molar-refractivity contribution in [2.24, 2.45) is 5.73 Å². The van der Waals surface area contributed by atoms with E-state index in [4.69, 9.17) is 10.2 Å². The Hall–Kier alpha value is -2.60. The van der Waals surface area contributed by atoms with E-state index in [1.165, 1.54) is 6.92 Å². The summed E-state index contributed by atoms with van der Waals surface area (Å²) in [6.07, 6.45) is 0.768. The van der Waals surface area contributed by atoms with Crippen molar-refractivity contribution in [3.8, 4) is 11.3 Å². The molecule has 2 heterocycles. The number of hydrogen-bond acceptors (Lipinski definition) is 4. The molecule has 0 radical (unpaired) electrons. The normalized spacial score (nSPS) is 12.6. The predicted molar refractivity (Wildman–Crippen MR) is 87.7 cm³/mol. The maximum absolute atomic E-state index is 14.0. The Morgan fingerprint density at radius 1 is 1.21 bits per heavy atom. The van der Waals surface area contributed by atoms with Crippen molar-refractivity contribution >= 4 is 11.0 Å². The van der Waals surface area contributed by atoms with Crippen LogP contribution in [0, 0.1) is 25.6 Å². The van der Waals surface area contributed by atoms with Crippen molar-refractivity contribution in [3.05, 3.63) is 63.1 Å². The van der Waals surface area contributed by atoms with Crippen molar-refractivity contribution < 1.29 is 13.2 Å². The molecule has 24 heavy (non-hydrogen) atoms. The standard InChI is InChI=1S/C18H16F2N2O2/c1-8-4-12(10(3)21)17-13(5-8)15(23)9(2)16(24-17)14-6-11(19)7-22-18(14)20/h4-7,10H,21H2,1-3H3. The van der Waals surface area contributed by atoms with E-state index in [9.17, 15) is 13.6 Å². The van der Waals surface area contributed by atoms with Gasteiger partial charge in [-0.3, -0.25) is 4.79 Å². The first-order valence-electron chi connectivity index (χ1n) is 7.44. The van der Waals surface area contributed by atoms with Crippen molar-refractivity contribution in [2.75, 3.05) is 0 Å². The molecule has 0 aliphatic heterocycles. The molecule has 1 unspecified atom stereocenters. The number of fused-ring (bicyclic) bond motifs is 1. The lowest BCUT2D eigenvalue weighted by Crippen LogP contribution is -2.12. The molecule has 124 valence electrons. The van der Waals surface area contributed by atoms with Crippen LogP contribution in [0.4, 0.5) is 8.78 Å². The predicted octanol–water partition coefficient (Wildman–Crippen LogP) is 3.77. The minimum absolute atomic E-state index is 0.0391. The second-order valence-corrected chi connectivity index (χ2v) is 5.90. The zero-order valence-corrected chi connectivity index (χ0v) is 13.5. The summed E-state index contributed by atoms with van der Waals surface area (Å²) in [6.45, 7) is 5.13. The molecule has 0 bridgehead atoms. The summed E-state index contributed by atoms with van der Waals surface area (Å²) in [5.41, 5.74) is 7.45. The van der Waals surface area contributed by atoms with Crippen LogP contribution in [0.3, 0.4) is 0 Å². The molecule has 0 spiro atoms. The quantitative estimate of drug-likeness (QED) is 0.726. The number of aromatic nitrogens is 1. The third-order valence-corrected chi connectivity index (χ3v) is 3.93. The molecule has 1 aromatic carbocycles. The highest BCUT2D eigenvalue weighted by molar-refractivity contribution is 5.84. The fourth-order valence-corrected chi connectivity index (χ4v) is 2.74. The number of pyridine rings is 1. The molecule has 0 fully saturated rings. The highest BCUT2D eigenvalue weighted by Crippen LogP contribution is 2.31. The molecule has 6 heteroatoms. The molecule has 2 N–H and O–H groups in total. The number of aryl methyl sites for hydroxylation is 1. The van der Waals surface area contributed by atoms with Gasteiger partial charge < -0.3 is 10.2 Å². The third-order valence-electron chi connectivity index (χ3n) is 3.93. The van der Waals surface area contributed by atoms with Crippen LogP contribution in [-0.2, 0) is 0 Å². The van der Waals surface area contributed by atoms with Crippen LogP contribution in [0.1, 0.15) is 29.7 Å². The summed E-state index contributed by atoms with van der Waals surface area (Å²) in [5.74, 6) is -1.66. The SMILES string of the molecule is Cc1cc(C(C)N)c2oc(-c3cc(F)cnc3F)c(C)c(=O)c2c1. The summed E-state index contributed by atoms with van der Waals surface area (Å²) in [6, 6.07) is 4.08. The van der Waals surface area contributed by atoms with Gasteiger partial charge in [-0.15, -0.1) is 0 Å². The maximum Gasteiger partial charge on any atom is 0.224 e. The summed E-state index contributed by atoms with van der Waals surface area (Å²) in [5, 5.41) is 0.369. The molecule has 0 saturated carbocycles. The molecular formula is C18H16F2N2O2. The van der Waals surface area contributed by atoms with Gasteiger partial charge in [-0.25, -0.2) is 9.37 Å². The van der Waals surface area contributed by atoms with Crippen LogP contribution in [0.5, 0.6) is 0 Å². The number of rotatable bonds is 2. The van der Waals surface area contributed by atoms with Crippen molar-refractivity contribution in [1.82, 2.24) is 4.98 Å². The molecular weight excluding hydrogens is 314 g/mol. The minimum atomic E-state index is -0.906. The lowest BCUT2D eigenvalue weighted by molar-refractivity contribution is 0.547. The van der Waals surface area contributed by atoms with Gasteiger partial charge in [0, 0.05) is 17.2 Å². The molecule has 0 amide bonds. The average molecular weight is 330 g/mol. The fraction of sp³-hybridized carbons (Fsp3) is 0.222. The molecule has 3 aromatic rings. The van der Waals surface area contributed by atoms with E-state index in [0.29, 0.717) is 10.9 Å². The largest absolute Gasteiger partial charge is 0.455 e. The summed E-state index contributed by atoms with van der Waals surface area (Å²) in [7, 11) is 0. The molecule has 0 aliphatic carbocycles. The highest BCUT2D eigenvalue weighted by atomic mass is 19.1. The number of benzene rings is 1. The van der Waals surface area contributed by atoms with Gasteiger partial charge in [0.25, 0.3) is 0 Å². The average Bonchev–Trinajstić information content (AvgIpc) is 2.53. The Labute approximate surface area is 136 Å². The van der Waals surface area contributed by atoms with Crippen LogP contribution >= 0.6 is 0 Å².